The van der Waals surface area contributed by atoms with Crippen molar-refractivity contribution in [2.24, 2.45) is 0 Å². The van der Waals surface area contributed by atoms with Gasteiger partial charge in [-0.25, -0.2) is 0 Å². The average molecular weight is 354 g/mol. The summed E-state index contributed by atoms with van der Waals surface area (Å²) in [6.07, 6.45) is 1.66. The molecule has 1 aromatic heterocycles. The Morgan fingerprint density at radius 2 is 2.04 bits per heavy atom. The molecule has 0 spiro atoms. The monoisotopic (exact) mass is 353 g/mol. The normalized spacial score (nSPS) is 11.3. The van der Waals surface area contributed by atoms with Gasteiger partial charge in [0.1, 0.15) is 11.5 Å². The highest BCUT2D eigenvalue weighted by Gasteiger charge is 2.29. The standard InChI is InChI=1S/C17H20ClNO3S/c1-17(2,22-14-7-5-13(18)6-8-14)16(20)19-9-11-23-12-15-4-3-10-21-15/h3-8,10H,9,11-12H2,1-2H3,(H,19,20). The van der Waals surface area contributed by atoms with E-state index < -0.39 is 5.60 Å². The number of benzene rings is 1. The highest BCUT2D eigenvalue weighted by atomic mass is 35.5. The molecule has 2 aromatic rings. The SMILES string of the molecule is CC(C)(Oc1ccc(Cl)cc1)C(=O)NCCSCc1ccco1. The second-order valence-electron chi connectivity index (χ2n) is 5.45. The van der Waals surface area contributed by atoms with E-state index in [9.17, 15) is 4.79 Å². The largest absolute Gasteiger partial charge is 0.478 e. The zero-order valence-electron chi connectivity index (χ0n) is 13.2. The lowest BCUT2D eigenvalue weighted by molar-refractivity contribution is -0.134. The Labute approximate surface area is 145 Å². The lowest BCUT2D eigenvalue weighted by atomic mass is 10.1. The Morgan fingerprint density at radius 3 is 2.70 bits per heavy atom. The van der Waals surface area contributed by atoms with Crippen LogP contribution in [-0.4, -0.2) is 23.8 Å². The summed E-state index contributed by atoms with van der Waals surface area (Å²) < 4.78 is 11.0. The summed E-state index contributed by atoms with van der Waals surface area (Å²) >= 11 is 7.54. The summed E-state index contributed by atoms with van der Waals surface area (Å²) in [4.78, 5) is 12.2. The van der Waals surface area contributed by atoms with E-state index in [2.05, 4.69) is 5.32 Å². The molecule has 0 aliphatic heterocycles. The van der Waals surface area contributed by atoms with Crippen LogP contribution < -0.4 is 10.1 Å². The van der Waals surface area contributed by atoms with Crippen LogP contribution >= 0.6 is 23.4 Å². The summed E-state index contributed by atoms with van der Waals surface area (Å²) in [6.45, 7) is 4.07. The van der Waals surface area contributed by atoms with Crippen molar-refractivity contribution in [2.75, 3.05) is 12.3 Å². The Bertz CT molecular complexity index is 611. The summed E-state index contributed by atoms with van der Waals surface area (Å²) in [5, 5.41) is 3.53. The fraction of sp³-hybridized carbons (Fsp3) is 0.353. The van der Waals surface area contributed by atoms with Gasteiger partial charge in [0.2, 0.25) is 0 Å². The molecule has 6 heteroatoms. The van der Waals surface area contributed by atoms with Gasteiger partial charge in [-0.15, -0.1) is 0 Å². The summed E-state index contributed by atoms with van der Waals surface area (Å²) in [7, 11) is 0. The van der Waals surface area contributed by atoms with Crippen LogP contribution in [0.25, 0.3) is 0 Å². The second kappa shape index (κ2) is 8.31. The Balaban J connectivity index is 1.71. The first-order valence-electron chi connectivity index (χ1n) is 7.30. The molecular weight excluding hydrogens is 334 g/mol. The molecule has 1 N–H and O–H groups in total. The molecular formula is C17H20ClNO3S. The zero-order chi connectivity index (χ0) is 16.7. The number of hydrogen-bond donors (Lipinski definition) is 1. The van der Waals surface area contributed by atoms with Gasteiger partial charge in [0.25, 0.3) is 5.91 Å². The number of thioether (sulfide) groups is 1. The van der Waals surface area contributed by atoms with E-state index in [1.165, 1.54) is 0 Å². The van der Waals surface area contributed by atoms with Crippen LogP contribution in [0.2, 0.25) is 5.02 Å². The third-order valence-electron chi connectivity index (χ3n) is 3.09. The van der Waals surface area contributed by atoms with Crippen LogP contribution in [-0.2, 0) is 10.5 Å². The topological polar surface area (TPSA) is 51.5 Å². The minimum absolute atomic E-state index is 0.147. The average Bonchev–Trinajstić information content (AvgIpc) is 3.02. The number of rotatable bonds is 8. The maximum absolute atomic E-state index is 12.2. The molecule has 0 atom stereocenters. The molecule has 0 unspecified atom stereocenters. The quantitative estimate of drug-likeness (QED) is 0.724. The van der Waals surface area contributed by atoms with E-state index in [0.29, 0.717) is 17.3 Å². The molecule has 0 fully saturated rings. The molecule has 1 heterocycles. The number of carbonyl (C=O) groups excluding carboxylic acids is 1. The second-order valence-corrected chi connectivity index (χ2v) is 7.00. The number of nitrogens with one attached hydrogen (secondary N) is 1. The smallest absolute Gasteiger partial charge is 0.263 e. The van der Waals surface area contributed by atoms with Gasteiger partial charge < -0.3 is 14.5 Å². The van der Waals surface area contributed by atoms with Gasteiger partial charge in [0.15, 0.2) is 5.60 Å². The van der Waals surface area contributed by atoms with Crippen LogP contribution in [0.3, 0.4) is 0 Å². The molecule has 124 valence electrons. The predicted molar refractivity (Wildman–Crippen MR) is 94.0 cm³/mol. The predicted octanol–water partition coefficient (Wildman–Crippen LogP) is 4.14. The molecule has 1 amide bonds. The van der Waals surface area contributed by atoms with E-state index in [0.717, 1.165) is 17.3 Å². The van der Waals surface area contributed by atoms with Crippen molar-refractivity contribution in [3.63, 3.8) is 0 Å². The van der Waals surface area contributed by atoms with Crippen molar-refractivity contribution in [1.82, 2.24) is 5.32 Å². The van der Waals surface area contributed by atoms with Crippen molar-refractivity contribution in [2.45, 2.75) is 25.2 Å². The van der Waals surface area contributed by atoms with Gasteiger partial charge in [0, 0.05) is 17.3 Å². The molecule has 0 bridgehead atoms. The van der Waals surface area contributed by atoms with Crippen molar-refractivity contribution < 1.29 is 13.9 Å². The zero-order valence-corrected chi connectivity index (χ0v) is 14.7. The maximum atomic E-state index is 12.2. The Hall–Kier alpha value is -1.59. The minimum Gasteiger partial charge on any atom is -0.478 e. The van der Waals surface area contributed by atoms with Crippen LogP contribution in [0.5, 0.6) is 5.75 Å². The summed E-state index contributed by atoms with van der Waals surface area (Å²) in [6, 6.07) is 10.8. The third-order valence-corrected chi connectivity index (χ3v) is 4.32. The summed E-state index contributed by atoms with van der Waals surface area (Å²) in [5.41, 5.74) is -0.945. The molecule has 4 nitrogen and oxygen atoms in total. The molecule has 0 aliphatic carbocycles. The van der Waals surface area contributed by atoms with Gasteiger partial charge in [-0.1, -0.05) is 11.6 Å². The van der Waals surface area contributed by atoms with Crippen molar-refractivity contribution in [3.05, 3.63) is 53.4 Å². The lowest BCUT2D eigenvalue weighted by Crippen LogP contribution is -2.47. The first-order valence-corrected chi connectivity index (χ1v) is 8.84. The molecule has 2 rings (SSSR count). The van der Waals surface area contributed by atoms with Crippen LogP contribution in [0.1, 0.15) is 19.6 Å². The Morgan fingerprint density at radius 1 is 1.30 bits per heavy atom. The van der Waals surface area contributed by atoms with Gasteiger partial charge in [-0.05, 0) is 50.2 Å². The summed E-state index contributed by atoms with van der Waals surface area (Å²) in [5.74, 6) is 3.01. The number of hydrogen-bond acceptors (Lipinski definition) is 4. The molecule has 0 saturated carbocycles. The van der Waals surface area contributed by atoms with Gasteiger partial charge in [-0.3, -0.25) is 4.79 Å². The first kappa shape index (κ1) is 17.8. The third kappa shape index (κ3) is 5.84. The molecule has 0 radical (unpaired) electrons. The van der Waals surface area contributed by atoms with E-state index in [1.54, 1.807) is 56.1 Å². The van der Waals surface area contributed by atoms with Gasteiger partial charge in [-0.2, -0.15) is 11.8 Å². The van der Waals surface area contributed by atoms with E-state index in [-0.39, 0.29) is 5.91 Å². The molecule has 0 aliphatic rings. The molecule has 1 aromatic carbocycles. The number of carbonyl (C=O) groups is 1. The maximum Gasteiger partial charge on any atom is 0.263 e. The van der Waals surface area contributed by atoms with Gasteiger partial charge in [0.05, 0.1) is 12.0 Å². The number of furan rings is 1. The highest BCUT2D eigenvalue weighted by molar-refractivity contribution is 7.98. The highest BCUT2D eigenvalue weighted by Crippen LogP contribution is 2.21. The van der Waals surface area contributed by atoms with Crippen LogP contribution in [0, 0.1) is 0 Å². The Kier molecular flexibility index (Phi) is 6.42. The molecule has 23 heavy (non-hydrogen) atoms. The van der Waals surface area contributed by atoms with Crippen molar-refractivity contribution in [3.8, 4) is 5.75 Å². The fourth-order valence-corrected chi connectivity index (χ4v) is 2.74. The van der Waals surface area contributed by atoms with E-state index >= 15 is 0 Å². The number of ether oxygens (including phenoxy) is 1. The molecule has 0 saturated heterocycles. The van der Waals surface area contributed by atoms with Crippen molar-refractivity contribution in [1.29, 1.82) is 0 Å². The number of amides is 1. The van der Waals surface area contributed by atoms with Crippen LogP contribution in [0.4, 0.5) is 0 Å². The first-order chi connectivity index (χ1) is 11.0. The lowest BCUT2D eigenvalue weighted by Gasteiger charge is -2.25. The van der Waals surface area contributed by atoms with Crippen LogP contribution in [0.15, 0.2) is 47.1 Å². The van der Waals surface area contributed by atoms with E-state index in [4.69, 9.17) is 20.8 Å². The van der Waals surface area contributed by atoms with Crippen molar-refractivity contribution >= 4 is 29.3 Å². The van der Waals surface area contributed by atoms with Gasteiger partial charge >= 0.3 is 0 Å². The van der Waals surface area contributed by atoms with E-state index in [1.807, 2.05) is 12.1 Å². The number of halogens is 1. The minimum atomic E-state index is -0.945. The fourth-order valence-electron chi connectivity index (χ4n) is 1.86.